The van der Waals surface area contributed by atoms with Crippen LogP contribution >= 0.6 is 0 Å². The molecule has 1 N–H and O–H groups in total. The summed E-state index contributed by atoms with van der Waals surface area (Å²) in [5.74, 6) is 1.42. The maximum absolute atomic E-state index is 12.6. The number of carbonyl (C=O) groups excluding carboxylic acids is 1. The molecule has 4 rings (SSSR count). The number of nitrogens with one attached hydrogen (secondary N) is 1. The molecule has 2 fully saturated rings. The van der Waals surface area contributed by atoms with Gasteiger partial charge in [0.1, 0.15) is 5.54 Å². The molecule has 1 aliphatic carbocycles. The molecule has 1 aliphatic heterocycles. The van der Waals surface area contributed by atoms with Crippen molar-refractivity contribution < 1.29 is 18.5 Å². The van der Waals surface area contributed by atoms with Crippen LogP contribution in [0.5, 0.6) is 0 Å². The molecule has 1 unspecified atom stereocenters. The van der Waals surface area contributed by atoms with Crippen molar-refractivity contribution in [2.75, 3.05) is 13.2 Å². The average molecular weight is 345 g/mol. The molecule has 1 atom stereocenters. The van der Waals surface area contributed by atoms with Gasteiger partial charge in [-0.15, -0.1) is 0 Å². The van der Waals surface area contributed by atoms with Crippen LogP contribution in [-0.2, 0) is 10.3 Å². The van der Waals surface area contributed by atoms with Gasteiger partial charge in [-0.25, -0.2) is 0 Å². The highest BCUT2D eigenvalue weighted by Gasteiger charge is 2.40. The van der Waals surface area contributed by atoms with Crippen LogP contribution in [0.25, 0.3) is 0 Å². The number of hydrogen-bond donors (Lipinski definition) is 1. The number of aromatic nitrogens is 2. The smallest absolute Gasteiger partial charge is 0.287 e. The fourth-order valence-electron chi connectivity index (χ4n) is 3.75. The minimum Gasteiger partial charge on any atom is -0.459 e. The summed E-state index contributed by atoms with van der Waals surface area (Å²) in [4.78, 5) is 17.3. The van der Waals surface area contributed by atoms with E-state index in [9.17, 15) is 4.79 Å². The second kappa shape index (κ2) is 7.00. The van der Waals surface area contributed by atoms with E-state index in [1.807, 2.05) is 0 Å². The lowest BCUT2D eigenvalue weighted by molar-refractivity contribution is 0.0848. The molecule has 0 aromatic carbocycles. The van der Waals surface area contributed by atoms with Gasteiger partial charge in [0.05, 0.1) is 18.8 Å². The van der Waals surface area contributed by atoms with Crippen LogP contribution in [-0.4, -0.2) is 29.3 Å². The van der Waals surface area contributed by atoms with E-state index in [-0.39, 0.29) is 11.8 Å². The van der Waals surface area contributed by atoms with Gasteiger partial charge in [-0.05, 0) is 31.4 Å². The third-order valence-corrected chi connectivity index (χ3v) is 5.20. The molecule has 0 spiro atoms. The van der Waals surface area contributed by atoms with Crippen molar-refractivity contribution in [1.82, 2.24) is 15.5 Å². The van der Waals surface area contributed by atoms with Crippen molar-refractivity contribution in [2.24, 2.45) is 0 Å². The van der Waals surface area contributed by atoms with E-state index in [0.29, 0.717) is 24.1 Å². The van der Waals surface area contributed by atoms with E-state index in [1.54, 1.807) is 12.1 Å². The summed E-state index contributed by atoms with van der Waals surface area (Å²) in [6.45, 7) is 1.34. The van der Waals surface area contributed by atoms with Crippen molar-refractivity contribution in [3.05, 3.63) is 35.9 Å². The first-order valence-electron chi connectivity index (χ1n) is 9.05. The highest BCUT2D eigenvalue weighted by molar-refractivity contribution is 5.91. The van der Waals surface area contributed by atoms with Crippen LogP contribution in [0.4, 0.5) is 0 Å². The van der Waals surface area contributed by atoms with Gasteiger partial charge in [0.2, 0.25) is 5.89 Å². The maximum atomic E-state index is 12.6. The Morgan fingerprint density at radius 2 is 2.08 bits per heavy atom. The highest BCUT2D eigenvalue weighted by Crippen LogP contribution is 2.36. The zero-order valence-electron chi connectivity index (χ0n) is 14.2. The molecule has 7 nitrogen and oxygen atoms in total. The Bertz CT molecular complexity index is 696. The molecule has 1 saturated heterocycles. The van der Waals surface area contributed by atoms with Crippen molar-refractivity contribution in [3.8, 4) is 0 Å². The van der Waals surface area contributed by atoms with Gasteiger partial charge in [0.15, 0.2) is 11.6 Å². The monoisotopic (exact) mass is 345 g/mol. The van der Waals surface area contributed by atoms with E-state index in [1.165, 1.54) is 6.26 Å². The van der Waals surface area contributed by atoms with E-state index >= 15 is 0 Å². The number of rotatable bonds is 4. The predicted molar refractivity (Wildman–Crippen MR) is 88.0 cm³/mol. The van der Waals surface area contributed by atoms with Crippen LogP contribution < -0.4 is 5.32 Å². The molecular formula is C18H23N3O4. The SMILES string of the molecule is O=C(NC1(c2noc(C3CCOC3)n2)CCCCCC1)c1ccco1. The molecule has 2 aliphatic rings. The zero-order valence-corrected chi connectivity index (χ0v) is 14.2. The second-order valence-electron chi connectivity index (χ2n) is 6.94. The normalized spacial score (nSPS) is 23.3. The number of nitrogens with zero attached hydrogens (tertiary/aromatic N) is 2. The summed E-state index contributed by atoms with van der Waals surface area (Å²) >= 11 is 0. The van der Waals surface area contributed by atoms with Gasteiger partial charge in [0.25, 0.3) is 5.91 Å². The largest absolute Gasteiger partial charge is 0.459 e. The van der Waals surface area contributed by atoms with Crippen molar-refractivity contribution in [1.29, 1.82) is 0 Å². The fraction of sp³-hybridized carbons (Fsp3) is 0.611. The average Bonchev–Trinajstić information content (AvgIpc) is 3.36. The minimum absolute atomic E-state index is 0.157. The topological polar surface area (TPSA) is 90.4 Å². The van der Waals surface area contributed by atoms with Crippen LogP contribution in [0.2, 0.25) is 0 Å². The summed E-state index contributed by atoms with van der Waals surface area (Å²) in [5, 5.41) is 7.39. The van der Waals surface area contributed by atoms with Gasteiger partial charge in [-0.1, -0.05) is 30.8 Å². The molecule has 1 saturated carbocycles. The molecule has 7 heteroatoms. The number of hydrogen-bond acceptors (Lipinski definition) is 6. The molecular weight excluding hydrogens is 322 g/mol. The molecule has 1 amide bonds. The molecule has 25 heavy (non-hydrogen) atoms. The fourth-order valence-corrected chi connectivity index (χ4v) is 3.75. The molecule has 0 radical (unpaired) electrons. The highest BCUT2D eigenvalue weighted by atomic mass is 16.5. The molecule has 2 aromatic rings. The Balaban J connectivity index is 1.62. The Morgan fingerprint density at radius 1 is 1.24 bits per heavy atom. The number of carbonyl (C=O) groups is 1. The van der Waals surface area contributed by atoms with Gasteiger partial charge < -0.3 is 19.0 Å². The standard InChI is InChI=1S/C18H23N3O4/c22-15(14-6-5-10-24-14)20-18(8-3-1-2-4-9-18)17-19-16(25-21-17)13-7-11-23-12-13/h5-6,10,13H,1-4,7-9,11-12H2,(H,20,22). The van der Waals surface area contributed by atoms with Gasteiger partial charge in [-0.2, -0.15) is 4.98 Å². The lowest BCUT2D eigenvalue weighted by atomic mass is 9.89. The Kier molecular flexibility index (Phi) is 4.57. The quantitative estimate of drug-likeness (QED) is 0.856. The van der Waals surface area contributed by atoms with Gasteiger partial charge in [0, 0.05) is 6.61 Å². The second-order valence-corrected chi connectivity index (χ2v) is 6.94. The van der Waals surface area contributed by atoms with Crippen molar-refractivity contribution >= 4 is 5.91 Å². The molecule has 134 valence electrons. The zero-order chi connectivity index (χ0) is 17.1. The number of ether oxygens (including phenoxy) is 1. The summed E-state index contributed by atoms with van der Waals surface area (Å²) < 4.78 is 16.2. The molecule has 3 heterocycles. The third-order valence-electron chi connectivity index (χ3n) is 5.20. The summed E-state index contributed by atoms with van der Waals surface area (Å²) in [6, 6.07) is 3.37. The lowest BCUT2D eigenvalue weighted by Gasteiger charge is -2.30. The Morgan fingerprint density at radius 3 is 2.76 bits per heavy atom. The van der Waals surface area contributed by atoms with Gasteiger partial charge >= 0.3 is 0 Å². The first kappa shape index (κ1) is 16.3. The third kappa shape index (κ3) is 3.33. The van der Waals surface area contributed by atoms with Gasteiger partial charge in [-0.3, -0.25) is 4.79 Å². The van der Waals surface area contributed by atoms with Crippen LogP contribution in [0, 0.1) is 0 Å². The summed E-state index contributed by atoms with van der Waals surface area (Å²) in [7, 11) is 0. The Hall–Kier alpha value is -2.15. The molecule has 2 aromatic heterocycles. The van der Waals surface area contributed by atoms with Crippen molar-refractivity contribution in [3.63, 3.8) is 0 Å². The number of amides is 1. The molecule has 0 bridgehead atoms. The van der Waals surface area contributed by atoms with E-state index < -0.39 is 5.54 Å². The van der Waals surface area contributed by atoms with Crippen molar-refractivity contribution in [2.45, 2.75) is 56.4 Å². The predicted octanol–water partition coefficient (Wildman–Crippen LogP) is 3.15. The van der Waals surface area contributed by atoms with E-state index in [4.69, 9.17) is 13.7 Å². The lowest BCUT2D eigenvalue weighted by Crippen LogP contribution is -2.46. The van der Waals surface area contributed by atoms with Crippen LogP contribution in [0.15, 0.2) is 27.3 Å². The number of furan rings is 1. The summed E-state index contributed by atoms with van der Waals surface area (Å²) in [5.41, 5.74) is -0.596. The maximum Gasteiger partial charge on any atom is 0.287 e. The first-order valence-corrected chi connectivity index (χ1v) is 9.05. The van der Waals surface area contributed by atoms with E-state index in [2.05, 4.69) is 15.5 Å². The first-order chi connectivity index (χ1) is 12.3. The van der Waals surface area contributed by atoms with E-state index in [0.717, 1.165) is 51.6 Å². The summed E-state index contributed by atoms with van der Waals surface area (Å²) in [6.07, 6.45) is 8.36. The Labute approximate surface area is 146 Å². The van der Waals surface area contributed by atoms with Crippen LogP contribution in [0.3, 0.4) is 0 Å². The van der Waals surface area contributed by atoms with Crippen LogP contribution in [0.1, 0.15) is 73.1 Å². The minimum atomic E-state index is -0.596.